The molecular weight excluding hydrogens is 260 g/mol. The molecule has 0 aliphatic rings. The van der Waals surface area contributed by atoms with E-state index in [0.717, 1.165) is 17.4 Å². The Kier molecular flexibility index (Phi) is 4.85. The minimum absolute atomic E-state index is 0.205. The predicted octanol–water partition coefficient (Wildman–Crippen LogP) is 3.49. The molecular formula is C18H14N2O. The lowest BCUT2D eigenvalue weighted by Crippen LogP contribution is -2.13. The lowest BCUT2D eigenvalue weighted by molar-refractivity contribution is 0.112. The van der Waals surface area contributed by atoms with Crippen LogP contribution in [-0.4, -0.2) is 6.29 Å². The topological polar surface area (TPSA) is 64.7 Å². The van der Waals surface area contributed by atoms with Gasteiger partial charge in [0.2, 0.25) is 0 Å². The fourth-order valence-electron chi connectivity index (χ4n) is 2.33. The van der Waals surface area contributed by atoms with Crippen molar-refractivity contribution >= 4 is 6.29 Å². The molecule has 1 atom stereocenters. The van der Waals surface area contributed by atoms with Gasteiger partial charge in [0.1, 0.15) is 12.2 Å². The van der Waals surface area contributed by atoms with Crippen molar-refractivity contribution in [3.8, 4) is 12.1 Å². The van der Waals surface area contributed by atoms with E-state index in [-0.39, 0.29) is 5.92 Å². The third-order valence-corrected chi connectivity index (χ3v) is 3.48. The predicted molar refractivity (Wildman–Crippen MR) is 79.4 cm³/mol. The summed E-state index contributed by atoms with van der Waals surface area (Å²) in [7, 11) is 0. The molecule has 102 valence electrons. The quantitative estimate of drug-likeness (QED) is 0.784. The summed E-state index contributed by atoms with van der Waals surface area (Å²) < 4.78 is 0. The van der Waals surface area contributed by atoms with Gasteiger partial charge in [-0.1, -0.05) is 54.6 Å². The summed E-state index contributed by atoms with van der Waals surface area (Å²) in [5, 5.41) is 18.4. The summed E-state index contributed by atoms with van der Waals surface area (Å²) in [6.07, 6.45) is 1.40. The molecule has 0 bridgehead atoms. The van der Waals surface area contributed by atoms with Gasteiger partial charge in [0.15, 0.2) is 0 Å². The van der Waals surface area contributed by atoms with E-state index in [0.29, 0.717) is 12.0 Å². The van der Waals surface area contributed by atoms with Crippen molar-refractivity contribution in [1.29, 1.82) is 10.5 Å². The monoisotopic (exact) mass is 274 g/mol. The van der Waals surface area contributed by atoms with E-state index in [4.69, 9.17) is 0 Å². The minimum Gasteiger partial charge on any atom is -0.298 e. The number of hydrogen-bond donors (Lipinski definition) is 0. The highest BCUT2D eigenvalue weighted by Crippen LogP contribution is 2.28. The van der Waals surface area contributed by atoms with Crippen LogP contribution in [0.3, 0.4) is 0 Å². The van der Waals surface area contributed by atoms with Gasteiger partial charge in [-0.2, -0.15) is 10.5 Å². The number of carbonyl (C=O) groups excluding carboxylic acids is 1. The SMILES string of the molecule is N#CC(C#N)C(Cc1ccccc1)c1ccc(C=O)cc1. The smallest absolute Gasteiger partial charge is 0.150 e. The molecule has 0 aliphatic heterocycles. The molecule has 0 amide bonds. The first-order chi connectivity index (χ1) is 10.3. The Labute approximate surface area is 124 Å². The van der Waals surface area contributed by atoms with Crippen LogP contribution in [0.4, 0.5) is 0 Å². The maximum atomic E-state index is 10.7. The third kappa shape index (κ3) is 3.55. The molecule has 1 unspecified atom stereocenters. The summed E-state index contributed by atoms with van der Waals surface area (Å²) >= 11 is 0. The van der Waals surface area contributed by atoms with Crippen molar-refractivity contribution in [2.24, 2.45) is 5.92 Å². The minimum atomic E-state index is -0.715. The number of carbonyl (C=O) groups is 1. The van der Waals surface area contributed by atoms with E-state index < -0.39 is 5.92 Å². The molecule has 3 heteroatoms. The van der Waals surface area contributed by atoms with E-state index in [2.05, 4.69) is 12.1 Å². The summed E-state index contributed by atoms with van der Waals surface area (Å²) in [5.74, 6) is -0.921. The van der Waals surface area contributed by atoms with Crippen molar-refractivity contribution in [2.45, 2.75) is 12.3 Å². The van der Waals surface area contributed by atoms with Crippen LogP contribution in [-0.2, 0) is 6.42 Å². The molecule has 0 heterocycles. The Balaban J connectivity index is 2.34. The maximum absolute atomic E-state index is 10.7. The number of nitriles is 2. The van der Waals surface area contributed by atoms with Crippen molar-refractivity contribution in [2.75, 3.05) is 0 Å². The molecule has 0 saturated heterocycles. The Hall–Kier alpha value is -2.91. The van der Waals surface area contributed by atoms with E-state index in [1.165, 1.54) is 0 Å². The average molecular weight is 274 g/mol. The number of nitrogens with zero attached hydrogens (tertiary/aromatic N) is 2. The first-order valence-corrected chi connectivity index (χ1v) is 6.66. The molecule has 0 aromatic heterocycles. The zero-order chi connectivity index (χ0) is 15.1. The van der Waals surface area contributed by atoms with Gasteiger partial charge in [0.25, 0.3) is 0 Å². The standard InChI is InChI=1S/C18H14N2O/c19-11-17(12-20)18(10-14-4-2-1-3-5-14)16-8-6-15(13-21)7-9-16/h1-9,13,17-18H,10H2. The average Bonchev–Trinajstić information content (AvgIpc) is 2.56. The zero-order valence-corrected chi connectivity index (χ0v) is 11.4. The van der Waals surface area contributed by atoms with Crippen LogP contribution in [0.2, 0.25) is 0 Å². The molecule has 21 heavy (non-hydrogen) atoms. The maximum Gasteiger partial charge on any atom is 0.150 e. The van der Waals surface area contributed by atoms with Crippen molar-refractivity contribution in [1.82, 2.24) is 0 Å². The van der Waals surface area contributed by atoms with Crippen molar-refractivity contribution < 1.29 is 4.79 Å². The summed E-state index contributed by atoms with van der Waals surface area (Å²) in [6.45, 7) is 0. The fraction of sp³-hybridized carbons (Fsp3) is 0.167. The van der Waals surface area contributed by atoms with Crippen molar-refractivity contribution in [3.05, 3.63) is 71.3 Å². The normalized spacial score (nSPS) is 11.4. The van der Waals surface area contributed by atoms with Gasteiger partial charge in [-0.05, 0) is 17.5 Å². The number of benzene rings is 2. The fourth-order valence-corrected chi connectivity index (χ4v) is 2.33. The van der Waals surface area contributed by atoms with Crippen LogP contribution < -0.4 is 0 Å². The Bertz CT molecular complexity index is 664. The lowest BCUT2D eigenvalue weighted by atomic mass is 9.82. The van der Waals surface area contributed by atoms with Crippen LogP contribution in [0.15, 0.2) is 54.6 Å². The van der Waals surface area contributed by atoms with E-state index in [1.54, 1.807) is 12.1 Å². The van der Waals surface area contributed by atoms with Gasteiger partial charge in [-0.25, -0.2) is 0 Å². The highest BCUT2D eigenvalue weighted by atomic mass is 16.1. The molecule has 0 saturated carbocycles. The summed E-state index contributed by atoms with van der Waals surface area (Å²) in [5.41, 5.74) is 2.57. The second-order valence-corrected chi connectivity index (χ2v) is 4.82. The molecule has 2 aromatic rings. The lowest BCUT2D eigenvalue weighted by Gasteiger charge is -2.18. The van der Waals surface area contributed by atoms with Crippen LogP contribution in [0.25, 0.3) is 0 Å². The van der Waals surface area contributed by atoms with E-state index in [9.17, 15) is 15.3 Å². The Morgan fingerprint density at radius 2 is 1.57 bits per heavy atom. The first kappa shape index (κ1) is 14.5. The number of hydrogen-bond acceptors (Lipinski definition) is 3. The van der Waals surface area contributed by atoms with Gasteiger partial charge in [-0.3, -0.25) is 4.79 Å². The van der Waals surface area contributed by atoms with Gasteiger partial charge in [0.05, 0.1) is 12.1 Å². The molecule has 2 aromatic carbocycles. The molecule has 2 rings (SSSR count). The van der Waals surface area contributed by atoms with Crippen LogP contribution >= 0.6 is 0 Å². The van der Waals surface area contributed by atoms with Crippen molar-refractivity contribution in [3.63, 3.8) is 0 Å². The number of rotatable bonds is 5. The second-order valence-electron chi connectivity index (χ2n) is 4.82. The summed E-state index contributed by atoms with van der Waals surface area (Å²) in [6, 6.07) is 21.0. The second kappa shape index (κ2) is 7.03. The highest BCUT2D eigenvalue weighted by Gasteiger charge is 2.23. The van der Waals surface area contributed by atoms with E-state index >= 15 is 0 Å². The van der Waals surface area contributed by atoms with Crippen LogP contribution in [0.1, 0.15) is 27.4 Å². The molecule has 0 radical (unpaired) electrons. The van der Waals surface area contributed by atoms with Crippen LogP contribution in [0.5, 0.6) is 0 Å². The molecule has 3 nitrogen and oxygen atoms in total. The largest absolute Gasteiger partial charge is 0.298 e. The van der Waals surface area contributed by atoms with E-state index in [1.807, 2.05) is 42.5 Å². The van der Waals surface area contributed by atoms with Gasteiger partial charge in [-0.15, -0.1) is 0 Å². The number of aldehydes is 1. The zero-order valence-electron chi connectivity index (χ0n) is 11.4. The van der Waals surface area contributed by atoms with Gasteiger partial charge >= 0.3 is 0 Å². The van der Waals surface area contributed by atoms with Gasteiger partial charge < -0.3 is 0 Å². The highest BCUT2D eigenvalue weighted by molar-refractivity contribution is 5.74. The first-order valence-electron chi connectivity index (χ1n) is 6.66. The van der Waals surface area contributed by atoms with Gasteiger partial charge in [0, 0.05) is 11.5 Å². The molecule has 0 fully saturated rings. The van der Waals surface area contributed by atoms with Crippen LogP contribution in [0, 0.1) is 28.6 Å². The molecule has 0 N–H and O–H groups in total. The molecule has 0 spiro atoms. The Morgan fingerprint density at radius 1 is 0.952 bits per heavy atom. The Morgan fingerprint density at radius 3 is 2.10 bits per heavy atom. The molecule has 0 aliphatic carbocycles. The summed E-state index contributed by atoms with van der Waals surface area (Å²) in [4.78, 5) is 10.7. The third-order valence-electron chi connectivity index (χ3n) is 3.48.